The zero-order valence-electron chi connectivity index (χ0n) is 12.7. The average Bonchev–Trinajstić information content (AvgIpc) is 2.46. The topological polar surface area (TPSA) is 0 Å². The maximum atomic E-state index is 12.9. The first kappa shape index (κ1) is 18.2. The lowest BCUT2D eigenvalue weighted by Crippen LogP contribution is -2.44. The molecule has 0 spiro atoms. The molecule has 0 aliphatic heterocycles. The van der Waals surface area contributed by atoms with Gasteiger partial charge in [0.1, 0.15) is 0 Å². The summed E-state index contributed by atoms with van der Waals surface area (Å²) in [5.74, 6) is 0. The molecule has 0 bridgehead atoms. The third kappa shape index (κ3) is 4.02. The van der Waals surface area contributed by atoms with Gasteiger partial charge < -0.3 is 0 Å². The lowest BCUT2D eigenvalue weighted by Gasteiger charge is -2.18. The average molecular weight is 342 g/mol. The van der Waals surface area contributed by atoms with Gasteiger partial charge in [0.25, 0.3) is 0 Å². The first-order chi connectivity index (χ1) is 11.0. The maximum Gasteiger partial charge on any atom is 0.416 e. The summed E-state index contributed by atoms with van der Waals surface area (Å²) >= 11 is 0. The third-order valence-corrected chi connectivity index (χ3v) is 3.59. The summed E-state index contributed by atoms with van der Waals surface area (Å²) < 4.78 is 77.3. The number of rotatable bonds is 3. The van der Waals surface area contributed by atoms with Gasteiger partial charge in [0.15, 0.2) is 0 Å². The molecule has 2 aromatic carbocycles. The second kappa shape index (κ2) is 6.38. The normalized spacial score (nSPS) is 12.1. The molecule has 24 heavy (non-hydrogen) atoms. The van der Waals surface area contributed by atoms with Gasteiger partial charge in [-0.25, -0.2) is 0 Å². The number of benzene rings is 2. The van der Waals surface area contributed by atoms with Crippen LogP contribution in [-0.2, 0) is 12.4 Å². The van der Waals surface area contributed by atoms with Crippen molar-refractivity contribution in [3.05, 3.63) is 71.7 Å². The molecule has 7 heteroatoms. The summed E-state index contributed by atoms with van der Waals surface area (Å²) in [6.07, 6.45) is -9.05. The SMILES string of the molecule is C=C(C)B(c1cccc(C(F)(F)F)c1)c1cccc(C(F)(F)F)c1. The Bertz CT molecular complexity index is 688. The summed E-state index contributed by atoms with van der Waals surface area (Å²) in [6, 6.07) is 9.11. The molecule has 0 radical (unpaired) electrons. The molecule has 0 unspecified atom stereocenters. The Morgan fingerprint density at radius 3 is 1.46 bits per heavy atom. The van der Waals surface area contributed by atoms with Gasteiger partial charge in [-0.05, 0) is 0 Å². The van der Waals surface area contributed by atoms with E-state index in [-0.39, 0.29) is 10.9 Å². The Labute approximate surface area is 135 Å². The van der Waals surface area contributed by atoms with E-state index in [1.807, 2.05) is 0 Å². The highest BCUT2D eigenvalue weighted by atomic mass is 19.4. The third-order valence-electron chi connectivity index (χ3n) is 3.59. The predicted octanol–water partition coefficient (Wildman–Crippen LogP) is 4.45. The summed E-state index contributed by atoms with van der Waals surface area (Å²) in [5, 5.41) is 0. The molecule has 0 aromatic heterocycles. The van der Waals surface area contributed by atoms with E-state index in [2.05, 4.69) is 6.58 Å². The van der Waals surface area contributed by atoms with Gasteiger partial charge in [-0.2, -0.15) is 26.3 Å². The van der Waals surface area contributed by atoms with Crippen molar-refractivity contribution in [2.75, 3.05) is 0 Å². The van der Waals surface area contributed by atoms with Crippen LogP contribution in [0.3, 0.4) is 0 Å². The second-order valence-electron chi connectivity index (χ2n) is 5.53. The molecule has 0 N–H and O–H groups in total. The van der Waals surface area contributed by atoms with Crippen LogP contribution >= 0.6 is 0 Å². The molecule has 0 aliphatic carbocycles. The van der Waals surface area contributed by atoms with Gasteiger partial charge in [0.05, 0.1) is 11.1 Å². The van der Waals surface area contributed by atoms with Crippen molar-refractivity contribution in [3.63, 3.8) is 0 Å². The number of allylic oxidation sites excluding steroid dienone is 1. The van der Waals surface area contributed by atoms with Crippen LogP contribution in [0, 0.1) is 0 Å². The van der Waals surface area contributed by atoms with Crippen molar-refractivity contribution in [2.24, 2.45) is 0 Å². The number of halogens is 6. The Kier molecular flexibility index (Phi) is 4.83. The largest absolute Gasteiger partial charge is 0.416 e. The van der Waals surface area contributed by atoms with Crippen molar-refractivity contribution in [1.29, 1.82) is 0 Å². The highest BCUT2D eigenvalue weighted by Crippen LogP contribution is 2.29. The quantitative estimate of drug-likeness (QED) is 0.571. The minimum atomic E-state index is -4.52. The second-order valence-corrected chi connectivity index (χ2v) is 5.53. The first-order valence-electron chi connectivity index (χ1n) is 7.00. The van der Waals surface area contributed by atoms with Gasteiger partial charge in [0, 0.05) is 0 Å². The maximum absolute atomic E-state index is 12.9. The highest BCUT2D eigenvalue weighted by molar-refractivity contribution is 6.90. The Morgan fingerprint density at radius 1 is 0.792 bits per heavy atom. The molecular formula is C17H13BF6. The van der Waals surface area contributed by atoms with Gasteiger partial charge >= 0.3 is 12.4 Å². The van der Waals surface area contributed by atoms with Crippen molar-refractivity contribution in [1.82, 2.24) is 0 Å². The van der Waals surface area contributed by atoms with Gasteiger partial charge in [0.2, 0.25) is 6.71 Å². The Morgan fingerprint density at radius 2 is 1.17 bits per heavy atom. The smallest absolute Gasteiger partial charge is 0.166 e. The Balaban J connectivity index is 2.54. The van der Waals surface area contributed by atoms with E-state index in [0.29, 0.717) is 5.47 Å². The fourth-order valence-corrected chi connectivity index (χ4v) is 2.55. The van der Waals surface area contributed by atoms with E-state index in [1.165, 1.54) is 24.3 Å². The van der Waals surface area contributed by atoms with Gasteiger partial charge in [-0.3, -0.25) is 0 Å². The molecule has 2 rings (SSSR count). The summed E-state index contributed by atoms with van der Waals surface area (Å²) in [5.41, 5.74) is -0.751. The number of alkyl halides is 6. The molecule has 2 aromatic rings. The predicted molar refractivity (Wildman–Crippen MR) is 82.7 cm³/mol. The first-order valence-corrected chi connectivity index (χ1v) is 7.00. The fourth-order valence-electron chi connectivity index (χ4n) is 2.55. The molecule has 0 saturated heterocycles. The molecule has 0 heterocycles. The van der Waals surface area contributed by atoms with Crippen LogP contribution in [0.4, 0.5) is 26.3 Å². The van der Waals surface area contributed by atoms with Gasteiger partial charge in [-0.1, -0.05) is 66.4 Å². The van der Waals surface area contributed by atoms with Crippen molar-refractivity contribution < 1.29 is 26.3 Å². The van der Waals surface area contributed by atoms with E-state index in [0.717, 1.165) is 24.3 Å². The molecule has 126 valence electrons. The monoisotopic (exact) mass is 342 g/mol. The zero-order chi connectivity index (χ0) is 18.1. The molecule has 0 atom stereocenters. The van der Waals surface area contributed by atoms with Crippen LogP contribution < -0.4 is 10.9 Å². The van der Waals surface area contributed by atoms with E-state index in [1.54, 1.807) is 6.92 Å². The highest BCUT2D eigenvalue weighted by Gasteiger charge is 2.33. The number of hydrogen-bond acceptors (Lipinski definition) is 0. The zero-order valence-corrected chi connectivity index (χ0v) is 12.7. The minimum Gasteiger partial charge on any atom is -0.166 e. The lowest BCUT2D eigenvalue weighted by molar-refractivity contribution is -0.138. The van der Waals surface area contributed by atoms with E-state index in [9.17, 15) is 26.3 Å². The van der Waals surface area contributed by atoms with Crippen LogP contribution in [0.5, 0.6) is 0 Å². The minimum absolute atomic E-state index is 0.247. The summed E-state index contributed by atoms with van der Waals surface area (Å²) in [7, 11) is 0. The molecule has 0 aliphatic rings. The van der Waals surface area contributed by atoms with Crippen LogP contribution in [0.2, 0.25) is 0 Å². The van der Waals surface area contributed by atoms with E-state index < -0.39 is 30.2 Å². The number of hydrogen-bond donors (Lipinski definition) is 0. The van der Waals surface area contributed by atoms with Crippen LogP contribution in [0.25, 0.3) is 0 Å². The van der Waals surface area contributed by atoms with E-state index >= 15 is 0 Å². The van der Waals surface area contributed by atoms with E-state index in [4.69, 9.17) is 0 Å². The molecule has 0 fully saturated rings. The fraction of sp³-hybridized carbons (Fsp3) is 0.176. The lowest BCUT2D eigenvalue weighted by atomic mass is 9.36. The summed E-state index contributed by atoms with van der Waals surface area (Å²) in [6.45, 7) is 4.55. The van der Waals surface area contributed by atoms with Gasteiger partial charge in [-0.15, -0.1) is 12.1 Å². The van der Waals surface area contributed by atoms with Crippen molar-refractivity contribution in [3.8, 4) is 0 Å². The molecule has 0 nitrogen and oxygen atoms in total. The van der Waals surface area contributed by atoms with Crippen LogP contribution in [0.15, 0.2) is 60.6 Å². The molecule has 0 amide bonds. The van der Waals surface area contributed by atoms with Crippen LogP contribution in [0.1, 0.15) is 18.1 Å². The Hall–Kier alpha value is -2.18. The molecule has 0 saturated carbocycles. The van der Waals surface area contributed by atoms with Crippen molar-refractivity contribution in [2.45, 2.75) is 19.3 Å². The standard InChI is InChI=1S/C17H13BF6/c1-11(2)18(14-7-3-5-12(9-14)16(19,20)21)15-8-4-6-13(10-15)17(22,23)24/h3-10H,1H2,2H3. The summed E-state index contributed by atoms with van der Waals surface area (Å²) in [4.78, 5) is 0. The van der Waals surface area contributed by atoms with Crippen LogP contribution in [-0.4, -0.2) is 6.71 Å². The van der Waals surface area contributed by atoms with Crippen molar-refractivity contribution >= 4 is 17.6 Å². The molecular weight excluding hydrogens is 329 g/mol.